The van der Waals surface area contributed by atoms with E-state index in [9.17, 15) is 4.79 Å². The summed E-state index contributed by atoms with van der Waals surface area (Å²) >= 11 is 0. The largest absolute Gasteiger partial charge is 1.00 e. The fourth-order valence-electron chi connectivity index (χ4n) is 0.559. The summed E-state index contributed by atoms with van der Waals surface area (Å²) in [5, 5.41) is 0. The average Bonchev–Trinajstić information content (AvgIpc) is 1.91. The summed E-state index contributed by atoms with van der Waals surface area (Å²) in [6.07, 6.45) is 4.86. The van der Waals surface area contributed by atoms with Crippen LogP contribution < -0.4 is 28.5 Å². The van der Waals surface area contributed by atoms with Crippen molar-refractivity contribution in [3.63, 3.8) is 0 Å². The lowest BCUT2D eigenvalue weighted by Crippen LogP contribution is -3.00. The molecule has 0 bridgehead atoms. The summed E-state index contributed by atoms with van der Waals surface area (Å²) < 4.78 is 1.63. The Balaban J connectivity index is 0.000000810. The van der Waals surface area contributed by atoms with Gasteiger partial charge in [-0.2, -0.15) is 4.57 Å². The number of nitrogens with zero attached hydrogens (tertiary/aromatic N) is 1. The normalized spacial score (nSPS) is 7.20. The van der Waals surface area contributed by atoms with E-state index in [4.69, 9.17) is 0 Å². The molecule has 0 saturated carbocycles. The van der Waals surface area contributed by atoms with Gasteiger partial charge in [-0.05, 0) is 0 Å². The van der Waals surface area contributed by atoms with E-state index in [2.05, 4.69) is 0 Å². The van der Waals surface area contributed by atoms with Crippen LogP contribution in [0.15, 0.2) is 30.6 Å². The predicted octanol–water partition coefficient (Wildman–Crippen LogP) is -2.72. The molecule has 0 amide bonds. The zero-order valence-corrected chi connectivity index (χ0v) is 7.36. The molecule has 10 heavy (non-hydrogen) atoms. The van der Waals surface area contributed by atoms with E-state index in [-0.39, 0.29) is 24.0 Å². The van der Waals surface area contributed by atoms with Crippen molar-refractivity contribution in [1.29, 1.82) is 0 Å². The van der Waals surface area contributed by atoms with Crippen molar-refractivity contribution < 1.29 is 33.3 Å². The van der Waals surface area contributed by atoms with Gasteiger partial charge in [-0.3, -0.25) is 0 Å². The molecule has 0 unspecified atom stereocenters. The molecule has 0 N–H and O–H groups in total. The summed E-state index contributed by atoms with van der Waals surface area (Å²) in [6, 6.07) is 5.57. The van der Waals surface area contributed by atoms with Gasteiger partial charge in [0.2, 0.25) is 0 Å². The van der Waals surface area contributed by atoms with E-state index in [1.165, 1.54) is 6.20 Å². The molecule has 0 aliphatic carbocycles. The first-order chi connectivity index (χ1) is 4.43. The lowest BCUT2D eigenvalue weighted by Gasteiger charge is -1.78. The van der Waals surface area contributed by atoms with Gasteiger partial charge in [-0.1, -0.05) is 6.07 Å². The van der Waals surface area contributed by atoms with Crippen molar-refractivity contribution in [2.75, 3.05) is 0 Å². The molecule has 1 heterocycles. The summed E-state index contributed by atoms with van der Waals surface area (Å²) in [5.41, 5.74) is 0. The number of carbonyl (C=O) groups excluding carboxylic acids is 1. The van der Waals surface area contributed by atoms with Crippen molar-refractivity contribution in [3.8, 4) is 0 Å². The molecule has 0 aromatic carbocycles. The van der Waals surface area contributed by atoms with Gasteiger partial charge in [0.15, 0.2) is 18.3 Å². The number of rotatable bonds is 1. The zero-order valence-electron chi connectivity index (χ0n) is 5.20. The molecule has 2 nitrogen and oxygen atoms in total. The van der Waals surface area contributed by atoms with Crippen LogP contribution in [0.5, 0.6) is 0 Å². The SMILES string of the molecule is O=C=C[n+]1ccccc1.[I-]. The fourth-order valence-corrected chi connectivity index (χ4v) is 0.559. The van der Waals surface area contributed by atoms with Crippen LogP contribution >= 0.6 is 0 Å². The second-order valence-electron chi connectivity index (χ2n) is 1.57. The molecule has 52 valence electrons. The Morgan fingerprint density at radius 3 is 2.30 bits per heavy atom. The predicted molar refractivity (Wildman–Crippen MR) is 33.1 cm³/mol. The molecular formula is C7H6INO. The van der Waals surface area contributed by atoms with Gasteiger partial charge in [0.1, 0.15) is 0 Å². The van der Waals surface area contributed by atoms with Gasteiger partial charge in [-0.25, -0.2) is 4.79 Å². The summed E-state index contributed by atoms with van der Waals surface area (Å²) in [4.78, 5) is 9.77. The molecule has 0 aliphatic heterocycles. The second-order valence-corrected chi connectivity index (χ2v) is 1.57. The average molecular weight is 247 g/mol. The molecule has 0 fully saturated rings. The Bertz CT molecular complexity index is 229. The third kappa shape index (κ3) is 2.75. The molecule has 0 aliphatic rings. The molecule has 0 radical (unpaired) electrons. The maximum Gasteiger partial charge on any atom is 0.258 e. The van der Waals surface area contributed by atoms with Gasteiger partial charge in [0.25, 0.3) is 6.20 Å². The van der Waals surface area contributed by atoms with Crippen molar-refractivity contribution >= 4 is 12.1 Å². The number of pyridine rings is 1. The highest BCUT2D eigenvalue weighted by Crippen LogP contribution is 1.74. The second kappa shape index (κ2) is 5.14. The van der Waals surface area contributed by atoms with Crippen LogP contribution in [0.1, 0.15) is 0 Å². The Morgan fingerprint density at radius 1 is 1.20 bits per heavy atom. The first-order valence-corrected chi connectivity index (χ1v) is 2.60. The maximum absolute atomic E-state index is 9.77. The monoisotopic (exact) mass is 247 g/mol. The van der Waals surface area contributed by atoms with Gasteiger partial charge >= 0.3 is 0 Å². The maximum atomic E-state index is 9.77. The highest BCUT2D eigenvalue weighted by Gasteiger charge is 1.86. The van der Waals surface area contributed by atoms with Crippen LogP contribution in [0, 0.1) is 0 Å². The van der Waals surface area contributed by atoms with Crippen LogP contribution in [0.4, 0.5) is 0 Å². The Kier molecular flexibility index (Phi) is 4.80. The highest BCUT2D eigenvalue weighted by molar-refractivity contribution is 5.58. The minimum atomic E-state index is 0. The Hall–Kier alpha value is -0.670. The summed E-state index contributed by atoms with van der Waals surface area (Å²) in [7, 11) is 0. The lowest BCUT2D eigenvalue weighted by molar-refractivity contribution is -0.566. The Morgan fingerprint density at radius 2 is 1.80 bits per heavy atom. The number of hydrogen-bond donors (Lipinski definition) is 0. The molecule has 0 spiro atoms. The lowest BCUT2D eigenvalue weighted by atomic mass is 10.5. The van der Waals surface area contributed by atoms with E-state index in [0.29, 0.717) is 0 Å². The topological polar surface area (TPSA) is 20.9 Å². The highest BCUT2D eigenvalue weighted by atomic mass is 127. The van der Waals surface area contributed by atoms with Crippen molar-refractivity contribution in [1.82, 2.24) is 0 Å². The van der Waals surface area contributed by atoms with E-state index in [1.807, 2.05) is 18.2 Å². The molecule has 1 aromatic heterocycles. The number of hydrogen-bond acceptors (Lipinski definition) is 1. The van der Waals surface area contributed by atoms with E-state index in [1.54, 1.807) is 22.9 Å². The zero-order chi connectivity index (χ0) is 6.53. The van der Waals surface area contributed by atoms with Crippen molar-refractivity contribution in [2.24, 2.45) is 0 Å². The van der Waals surface area contributed by atoms with Gasteiger partial charge < -0.3 is 24.0 Å². The third-order valence-corrected chi connectivity index (χ3v) is 0.940. The minimum Gasteiger partial charge on any atom is -1.00 e. The Labute approximate surface area is 76.2 Å². The quantitative estimate of drug-likeness (QED) is 0.300. The number of halogens is 1. The summed E-state index contributed by atoms with van der Waals surface area (Å²) in [5.74, 6) is 1.67. The van der Waals surface area contributed by atoms with Crippen LogP contribution in [0.25, 0.3) is 6.20 Å². The molecular weight excluding hydrogens is 241 g/mol. The van der Waals surface area contributed by atoms with E-state index < -0.39 is 0 Å². The molecule has 1 aromatic rings. The van der Waals surface area contributed by atoms with Crippen LogP contribution in [-0.4, -0.2) is 5.94 Å². The van der Waals surface area contributed by atoms with Crippen LogP contribution in [-0.2, 0) is 4.79 Å². The minimum absolute atomic E-state index is 0. The first-order valence-electron chi connectivity index (χ1n) is 2.60. The molecule has 0 atom stereocenters. The molecule has 3 heteroatoms. The van der Waals surface area contributed by atoms with Gasteiger partial charge in [-0.15, -0.1) is 0 Å². The molecule has 1 rings (SSSR count). The van der Waals surface area contributed by atoms with Crippen LogP contribution in [0.2, 0.25) is 0 Å². The van der Waals surface area contributed by atoms with Crippen molar-refractivity contribution in [2.45, 2.75) is 0 Å². The van der Waals surface area contributed by atoms with Crippen molar-refractivity contribution in [3.05, 3.63) is 30.6 Å². The molecule has 0 saturated heterocycles. The van der Waals surface area contributed by atoms with Crippen LogP contribution in [0.3, 0.4) is 0 Å². The fraction of sp³-hybridized carbons (Fsp3) is 0. The standard InChI is InChI=1S/C7H6NO.HI/c9-7-6-8-4-2-1-3-5-8;/h1-6H;1H/q+1;/p-1. The van der Waals surface area contributed by atoms with Gasteiger partial charge in [0, 0.05) is 12.1 Å². The first kappa shape index (κ1) is 9.33. The smallest absolute Gasteiger partial charge is 0.258 e. The third-order valence-electron chi connectivity index (χ3n) is 0.940. The summed E-state index contributed by atoms with van der Waals surface area (Å²) in [6.45, 7) is 0. The van der Waals surface area contributed by atoms with E-state index in [0.717, 1.165) is 0 Å². The van der Waals surface area contributed by atoms with E-state index >= 15 is 0 Å². The number of aromatic nitrogens is 1. The van der Waals surface area contributed by atoms with Gasteiger partial charge in [0.05, 0.1) is 0 Å².